The topological polar surface area (TPSA) is 97.7 Å². The highest BCUT2D eigenvalue weighted by atomic mass is 16.5. The highest BCUT2D eigenvalue weighted by Gasteiger charge is 2.19. The molecule has 8 nitrogen and oxygen atoms in total. The third kappa shape index (κ3) is 3.11. The van der Waals surface area contributed by atoms with E-state index in [1.807, 2.05) is 30.6 Å². The van der Waals surface area contributed by atoms with Gasteiger partial charge in [0.25, 0.3) is 5.91 Å². The van der Waals surface area contributed by atoms with Crippen molar-refractivity contribution in [3.05, 3.63) is 54.2 Å². The van der Waals surface area contributed by atoms with Crippen molar-refractivity contribution in [1.29, 1.82) is 0 Å². The maximum Gasteiger partial charge on any atom is 0.253 e. The van der Waals surface area contributed by atoms with E-state index in [9.17, 15) is 4.79 Å². The number of carbonyl (C=O) groups is 1. The van der Waals surface area contributed by atoms with Gasteiger partial charge in [-0.05, 0) is 31.0 Å². The van der Waals surface area contributed by atoms with Gasteiger partial charge in [-0.3, -0.25) is 4.79 Å². The zero-order chi connectivity index (χ0) is 18.9. The summed E-state index contributed by atoms with van der Waals surface area (Å²) in [5.41, 5.74) is 3.85. The number of aromatic nitrogens is 5. The maximum absolute atomic E-state index is 12.5. The number of benzene rings is 1. The number of nitrogens with zero attached hydrogens (tertiary/aromatic N) is 4. The van der Waals surface area contributed by atoms with Gasteiger partial charge < -0.3 is 19.6 Å². The van der Waals surface area contributed by atoms with Gasteiger partial charge in [-0.1, -0.05) is 12.1 Å². The summed E-state index contributed by atoms with van der Waals surface area (Å²) in [5.74, 6) is 0.517. The lowest BCUT2D eigenvalue weighted by Crippen LogP contribution is -2.23. The number of imidazole rings is 2. The number of para-hydroxylation sites is 2. The monoisotopic (exact) mass is 376 g/mol. The number of hydrogen-bond acceptors (Lipinski definition) is 5. The molecule has 8 heteroatoms. The first-order chi connectivity index (χ1) is 13.8. The maximum atomic E-state index is 12.5. The van der Waals surface area contributed by atoms with E-state index in [-0.39, 0.29) is 5.91 Å². The predicted molar refractivity (Wildman–Crippen MR) is 104 cm³/mol. The summed E-state index contributed by atoms with van der Waals surface area (Å²) >= 11 is 0. The fraction of sp³-hybridized carbons (Fsp3) is 0.300. The van der Waals surface area contributed by atoms with Crippen LogP contribution in [0.25, 0.3) is 22.2 Å². The van der Waals surface area contributed by atoms with E-state index in [0.29, 0.717) is 24.0 Å². The fourth-order valence-corrected chi connectivity index (χ4v) is 3.63. The van der Waals surface area contributed by atoms with Gasteiger partial charge in [0.15, 0.2) is 5.65 Å². The molecular formula is C20H20N6O2. The lowest BCUT2D eigenvalue weighted by Gasteiger charge is -2.23. The van der Waals surface area contributed by atoms with Gasteiger partial charge in [0, 0.05) is 25.5 Å². The molecule has 2 N–H and O–H groups in total. The summed E-state index contributed by atoms with van der Waals surface area (Å²) in [7, 11) is 0. The smallest absolute Gasteiger partial charge is 0.253 e. The summed E-state index contributed by atoms with van der Waals surface area (Å²) in [6, 6.07) is 9.91. The van der Waals surface area contributed by atoms with Crippen LogP contribution in [-0.4, -0.2) is 43.6 Å². The number of nitrogens with one attached hydrogen (secondary N) is 2. The number of rotatable bonds is 4. The number of amides is 1. The lowest BCUT2D eigenvalue weighted by atomic mass is 10.1. The van der Waals surface area contributed by atoms with Crippen LogP contribution < -0.4 is 5.32 Å². The molecule has 1 aromatic carbocycles. The zero-order valence-corrected chi connectivity index (χ0v) is 15.3. The number of ether oxygens (including phenoxy) is 1. The number of hydrogen-bond donors (Lipinski definition) is 2. The first kappa shape index (κ1) is 16.9. The van der Waals surface area contributed by atoms with Gasteiger partial charge in [-0.2, -0.15) is 0 Å². The Morgan fingerprint density at radius 3 is 2.93 bits per heavy atom. The number of H-pyrrole nitrogens is 1. The van der Waals surface area contributed by atoms with Crippen LogP contribution >= 0.6 is 0 Å². The molecule has 1 saturated heterocycles. The molecule has 28 heavy (non-hydrogen) atoms. The van der Waals surface area contributed by atoms with Gasteiger partial charge in [0.1, 0.15) is 11.3 Å². The molecule has 0 atom stereocenters. The third-order valence-electron chi connectivity index (χ3n) is 5.11. The molecule has 0 aliphatic carbocycles. The molecule has 3 aromatic heterocycles. The van der Waals surface area contributed by atoms with Crippen molar-refractivity contribution in [1.82, 2.24) is 29.8 Å². The minimum atomic E-state index is -0.199. The van der Waals surface area contributed by atoms with Crippen LogP contribution in [0.3, 0.4) is 0 Å². The van der Waals surface area contributed by atoms with Crippen LogP contribution in [0.4, 0.5) is 0 Å². The van der Waals surface area contributed by atoms with Crippen molar-refractivity contribution in [2.45, 2.75) is 25.4 Å². The first-order valence-corrected chi connectivity index (χ1v) is 9.40. The van der Waals surface area contributed by atoms with Crippen molar-refractivity contribution in [2.75, 3.05) is 13.2 Å². The Morgan fingerprint density at radius 2 is 2.07 bits per heavy atom. The lowest BCUT2D eigenvalue weighted by molar-refractivity contribution is 0.0704. The van der Waals surface area contributed by atoms with E-state index < -0.39 is 0 Å². The highest BCUT2D eigenvalue weighted by molar-refractivity contribution is 5.96. The Morgan fingerprint density at radius 1 is 1.21 bits per heavy atom. The molecule has 0 radical (unpaired) electrons. The molecule has 0 bridgehead atoms. The van der Waals surface area contributed by atoms with Crippen molar-refractivity contribution in [3.63, 3.8) is 0 Å². The molecule has 5 rings (SSSR count). The zero-order valence-electron chi connectivity index (χ0n) is 15.3. The van der Waals surface area contributed by atoms with E-state index in [1.165, 1.54) is 0 Å². The average Bonchev–Trinajstić information content (AvgIpc) is 3.35. The van der Waals surface area contributed by atoms with Crippen LogP contribution in [0.1, 0.15) is 35.1 Å². The fourth-order valence-electron chi connectivity index (χ4n) is 3.63. The van der Waals surface area contributed by atoms with E-state index in [4.69, 9.17) is 4.74 Å². The molecule has 1 amide bonds. The Kier molecular flexibility index (Phi) is 4.25. The summed E-state index contributed by atoms with van der Waals surface area (Å²) in [6.07, 6.45) is 5.32. The van der Waals surface area contributed by atoms with Crippen molar-refractivity contribution in [2.24, 2.45) is 0 Å². The number of fused-ring (bicyclic) bond motifs is 2. The Bertz CT molecular complexity index is 1110. The summed E-state index contributed by atoms with van der Waals surface area (Å²) in [6.45, 7) is 1.83. The molecule has 1 aliphatic heterocycles. The van der Waals surface area contributed by atoms with Crippen molar-refractivity contribution in [3.8, 4) is 0 Å². The number of aromatic amines is 1. The SMILES string of the molecule is O=C(NCc1nc2ccccc2[nH]1)c1cnc2c(c1)ncn2C1CCOCC1. The molecule has 1 aliphatic rings. The van der Waals surface area contributed by atoms with E-state index in [1.54, 1.807) is 12.3 Å². The molecular weight excluding hydrogens is 356 g/mol. The third-order valence-corrected chi connectivity index (χ3v) is 5.11. The van der Waals surface area contributed by atoms with Crippen LogP contribution in [0.15, 0.2) is 42.9 Å². The van der Waals surface area contributed by atoms with E-state index in [0.717, 1.165) is 48.3 Å². The molecule has 4 aromatic rings. The summed E-state index contributed by atoms with van der Waals surface area (Å²) < 4.78 is 7.52. The van der Waals surface area contributed by atoms with Gasteiger partial charge in [0.2, 0.25) is 0 Å². The molecule has 0 saturated carbocycles. The second-order valence-electron chi connectivity index (χ2n) is 6.95. The van der Waals surface area contributed by atoms with Gasteiger partial charge in [-0.25, -0.2) is 15.0 Å². The van der Waals surface area contributed by atoms with Gasteiger partial charge in [-0.15, -0.1) is 0 Å². The second kappa shape index (κ2) is 7.05. The van der Waals surface area contributed by atoms with Crippen LogP contribution in [0.2, 0.25) is 0 Å². The Balaban J connectivity index is 1.31. The van der Waals surface area contributed by atoms with Crippen LogP contribution in [0.5, 0.6) is 0 Å². The van der Waals surface area contributed by atoms with Crippen LogP contribution in [0, 0.1) is 0 Å². The summed E-state index contributed by atoms with van der Waals surface area (Å²) in [4.78, 5) is 29.2. The largest absolute Gasteiger partial charge is 0.381 e. The van der Waals surface area contributed by atoms with E-state index >= 15 is 0 Å². The first-order valence-electron chi connectivity index (χ1n) is 9.40. The van der Waals surface area contributed by atoms with E-state index in [2.05, 4.69) is 29.8 Å². The van der Waals surface area contributed by atoms with Gasteiger partial charge in [0.05, 0.1) is 29.5 Å². The molecule has 142 valence electrons. The van der Waals surface area contributed by atoms with Crippen LogP contribution in [-0.2, 0) is 11.3 Å². The van der Waals surface area contributed by atoms with Crippen molar-refractivity contribution >= 4 is 28.1 Å². The molecule has 4 heterocycles. The van der Waals surface area contributed by atoms with Gasteiger partial charge >= 0.3 is 0 Å². The number of pyridine rings is 1. The minimum absolute atomic E-state index is 0.199. The normalized spacial score (nSPS) is 15.3. The second-order valence-corrected chi connectivity index (χ2v) is 6.95. The average molecular weight is 376 g/mol. The Hall–Kier alpha value is -3.26. The predicted octanol–water partition coefficient (Wildman–Crippen LogP) is 2.59. The molecule has 0 unspecified atom stereocenters. The minimum Gasteiger partial charge on any atom is -0.381 e. The number of carbonyl (C=O) groups excluding carboxylic acids is 1. The Labute approximate surface area is 161 Å². The van der Waals surface area contributed by atoms with Crippen molar-refractivity contribution < 1.29 is 9.53 Å². The highest BCUT2D eigenvalue weighted by Crippen LogP contribution is 2.24. The molecule has 0 spiro atoms. The quantitative estimate of drug-likeness (QED) is 0.570. The molecule has 1 fully saturated rings. The summed E-state index contributed by atoms with van der Waals surface area (Å²) in [5, 5.41) is 2.89. The standard InChI is InChI=1S/C20H20N6O2/c27-20(22-11-18-24-15-3-1-2-4-16(15)25-18)13-9-17-19(21-10-13)26(12-23-17)14-5-7-28-8-6-14/h1-4,9-10,12,14H,5-8,11H2,(H,22,27)(H,24,25).